The van der Waals surface area contributed by atoms with Gasteiger partial charge in [0, 0.05) is 17.8 Å². The summed E-state index contributed by atoms with van der Waals surface area (Å²) in [5.41, 5.74) is 2.35. The van der Waals surface area contributed by atoms with E-state index < -0.39 is 12.1 Å². The summed E-state index contributed by atoms with van der Waals surface area (Å²) in [5.74, 6) is -0.235. The van der Waals surface area contributed by atoms with E-state index in [9.17, 15) is 9.90 Å². The van der Waals surface area contributed by atoms with Gasteiger partial charge in [-0.2, -0.15) is 5.10 Å². The first-order valence-electron chi connectivity index (χ1n) is 8.93. The maximum Gasteiger partial charge on any atom is 0.272 e. The number of hydrogen-bond donors (Lipinski definition) is 2. The molecule has 1 saturated heterocycles. The number of aromatic amines is 1. The molecule has 2 atom stereocenters. The first-order valence-corrected chi connectivity index (χ1v) is 9.31. The number of nitrogens with one attached hydrogen (secondary N) is 1. The van der Waals surface area contributed by atoms with E-state index in [4.69, 9.17) is 16.3 Å². The van der Waals surface area contributed by atoms with E-state index in [2.05, 4.69) is 15.2 Å². The number of aliphatic hydroxyl groups excluding tert-OH is 1. The summed E-state index contributed by atoms with van der Waals surface area (Å²) in [5, 5.41) is 17.3. The average Bonchev–Trinajstić information content (AvgIpc) is 3.24. The minimum absolute atomic E-state index is 0.220. The molecule has 144 valence electrons. The molecule has 7 nitrogen and oxygen atoms in total. The average molecular weight is 399 g/mol. The van der Waals surface area contributed by atoms with Crippen molar-refractivity contribution in [3.63, 3.8) is 0 Å². The smallest absolute Gasteiger partial charge is 0.272 e. The number of carbonyl (C=O) groups excluding carboxylic acids is 1. The summed E-state index contributed by atoms with van der Waals surface area (Å²) in [6, 6.07) is 14.0. The molecule has 1 aliphatic heterocycles. The van der Waals surface area contributed by atoms with Crippen LogP contribution in [0, 0.1) is 0 Å². The van der Waals surface area contributed by atoms with E-state index in [1.807, 2.05) is 36.4 Å². The highest BCUT2D eigenvalue weighted by atomic mass is 35.5. The van der Waals surface area contributed by atoms with Gasteiger partial charge in [0.2, 0.25) is 0 Å². The second-order valence-electron chi connectivity index (χ2n) is 6.44. The number of halogens is 1. The number of benzene rings is 1. The summed E-state index contributed by atoms with van der Waals surface area (Å²) >= 11 is 6.38. The lowest BCUT2D eigenvalue weighted by molar-refractivity contribution is -0.0812. The van der Waals surface area contributed by atoms with Crippen LogP contribution in [0.2, 0.25) is 5.02 Å². The van der Waals surface area contributed by atoms with Gasteiger partial charge in [-0.15, -0.1) is 0 Å². The Kier molecular flexibility index (Phi) is 5.38. The highest BCUT2D eigenvalue weighted by Gasteiger charge is 2.38. The van der Waals surface area contributed by atoms with E-state index in [1.165, 1.54) is 0 Å². The zero-order chi connectivity index (χ0) is 19.5. The van der Waals surface area contributed by atoms with Crippen LogP contribution in [0.4, 0.5) is 0 Å². The van der Waals surface area contributed by atoms with Crippen molar-refractivity contribution in [2.45, 2.75) is 12.1 Å². The van der Waals surface area contributed by atoms with Gasteiger partial charge in [-0.1, -0.05) is 35.9 Å². The molecule has 3 heterocycles. The molecule has 0 saturated carbocycles. The summed E-state index contributed by atoms with van der Waals surface area (Å²) in [7, 11) is 0. The molecule has 1 aliphatic rings. The fourth-order valence-electron chi connectivity index (χ4n) is 3.43. The van der Waals surface area contributed by atoms with Crippen molar-refractivity contribution in [3.05, 3.63) is 71.0 Å². The van der Waals surface area contributed by atoms with Crippen LogP contribution < -0.4 is 0 Å². The highest BCUT2D eigenvalue weighted by molar-refractivity contribution is 6.31. The van der Waals surface area contributed by atoms with Crippen molar-refractivity contribution < 1.29 is 14.6 Å². The molecule has 3 aromatic rings. The number of ether oxygens (including phenoxy) is 1. The standard InChI is InChI=1S/C20H19ClN4O3/c21-14-6-2-1-5-13(14)19-18(12-26)28-10-9-25(19)20(27)17-11-16(23-24-17)15-7-3-4-8-22-15/h1-8,11,18-19,26H,9-10,12H2,(H,23,24)/t18-,19-/m0/s1. The highest BCUT2D eigenvalue weighted by Crippen LogP contribution is 2.34. The Morgan fingerprint density at radius 1 is 1.25 bits per heavy atom. The molecule has 2 aromatic heterocycles. The van der Waals surface area contributed by atoms with Crippen LogP contribution in [0.25, 0.3) is 11.4 Å². The minimum atomic E-state index is -0.559. The lowest BCUT2D eigenvalue weighted by atomic mass is 9.97. The first-order chi connectivity index (χ1) is 13.7. The number of aliphatic hydroxyl groups is 1. The summed E-state index contributed by atoms with van der Waals surface area (Å²) in [6.45, 7) is 0.490. The van der Waals surface area contributed by atoms with Gasteiger partial charge in [0.25, 0.3) is 5.91 Å². The van der Waals surface area contributed by atoms with Gasteiger partial charge in [0.1, 0.15) is 17.5 Å². The van der Waals surface area contributed by atoms with Crippen LogP contribution in [0.1, 0.15) is 22.1 Å². The Morgan fingerprint density at radius 2 is 2.07 bits per heavy atom. The predicted molar refractivity (Wildman–Crippen MR) is 104 cm³/mol. The third-order valence-corrected chi connectivity index (χ3v) is 5.10. The number of H-pyrrole nitrogens is 1. The van der Waals surface area contributed by atoms with Gasteiger partial charge in [0.05, 0.1) is 24.9 Å². The predicted octanol–water partition coefficient (Wildman–Crippen LogP) is 2.70. The van der Waals surface area contributed by atoms with Gasteiger partial charge >= 0.3 is 0 Å². The first kappa shape index (κ1) is 18.6. The van der Waals surface area contributed by atoms with E-state index in [1.54, 1.807) is 23.2 Å². The number of nitrogens with zero attached hydrogens (tertiary/aromatic N) is 3. The monoisotopic (exact) mass is 398 g/mol. The third kappa shape index (κ3) is 3.52. The minimum Gasteiger partial charge on any atom is -0.394 e. The van der Waals surface area contributed by atoms with Crippen LogP contribution in [0.15, 0.2) is 54.7 Å². The Bertz CT molecular complexity index is 963. The third-order valence-electron chi connectivity index (χ3n) is 4.75. The van der Waals surface area contributed by atoms with Crippen molar-refractivity contribution in [2.75, 3.05) is 19.8 Å². The Balaban J connectivity index is 1.67. The molecule has 28 heavy (non-hydrogen) atoms. The lowest BCUT2D eigenvalue weighted by Crippen LogP contribution is -2.49. The largest absolute Gasteiger partial charge is 0.394 e. The van der Waals surface area contributed by atoms with Gasteiger partial charge in [0.15, 0.2) is 0 Å². The molecule has 8 heteroatoms. The summed E-state index contributed by atoms with van der Waals surface area (Å²) in [4.78, 5) is 19.2. The molecule has 1 fully saturated rings. The molecule has 4 rings (SSSR count). The fourth-order valence-corrected chi connectivity index (χ4v) is 3.68. The number of hydrogen-bond acceptors (Lipinski definition) is 5. The molecule has 0 bridgehead atoms. The molecule has 0 radical (unpaired) electrons. The number of carbonyl (C=O) groups is 1. The second kappa shape index (κ2) is 8.10. The number of morpholine rings is 1. The molecule has 1 amide bonds. The van der Waals surface area contributed by atoms with E-state index >= 15 is 0 Å². The Labute approximate surface area is 166 Å². The zero-order valence-electron chi connectivity index (χ0n) is 15.0. The number of amides is 1. The fraction of sp³-hybridized carbons (Fsp3) is 0.250. The topological polar surface area (TPSA) is 91.3 Å². The van der Waals surface area contributed by atoms with Gasteiger partial charge < -0.3 is 14.7 Å². The van der Waals surface area contributed by atoms with E-state index in [-0.39, 0.29) is 12.5 Å². The van der Waals surface area contributed by atoms with E-state index in [0.29, 0.717) is 35.3 Å². The van der Waals surface area contributed by atoms with Gasteiger partial charge in [-0.3, -0.25) is 14.9 Å². The maximum absolute atomic E-state index is 13.3. The van der Waals surface area contributed by atoms with Gasteiger partial charge in [-0.25, -0.2) is 0 Å². The number of aromatic nitrogens is 3. The molecule has 0 unspecified atom stereocenters. The molecule has 1 aromatic carbocycles. The summed E-state index contributed by atoms with van der Waals surface area (Å²) in [6.07, 6.45) is 1.11. The van der Waals surface area contributed by atoms with Crippen LogP contribution in [-0.4, -0.2) is 57.0 Å². The van der Waals surface area contributed by atoms with Crippen molar-refractivity contribution in [3.8, 4) is 11.4 Å². The molecular weight excluding hydrogens is 380 g/mol. The summed E-state index contributed by atoms with van der Waals surface area (Å²) < 4.78 is 5.70. The van der Waals surface area contributed by atoms with Crippen molar-refractivity contribution in [2.24, 2.45) is 0 Å². The van der Waals surface area contributed by atoms with Crippen molar-refractivity contribution >= 4 is 17.5 Å². The van der Waals surface area contributed by atoms with Crippen molar-refractivity contribution in [1.29, 1.82) is 0 Å². The molecular formula is C20H19ClN4O3. The maximum atomic E-state index is 13.3. The Hall–Kier alpha value is -2.74. The van der Waals surface area contributed by atoms with Gasteiger partial charge in [-0.05, 0) is 29.8 Å². The molecule has 0 spiro atoms. The van der Waals surface area contributed by atoms with Crippen LogP contribution in [0.3, 0.4) is 0 Å². The number of rotatable bonds is 4. The normalized spacial score (nSPS) is 19.6. The van der Waals surface area contributed by atoms with Crippen LogP contribution in [-0.2, 0) is 4.74 Å². The molecule has 0 aliphatic carbocycles. The zero-order valence-corrected chi connectivity index (χ0v) is 15.7. The van der Waals surface area contributed by atoms with E-state index in [0.717, 1.165) is 5.56 Å². The Morgan fingerprint density at radius 3 is 2.82 bits per heavy atom. The second-order valence-corrected chi connectivity index (χ2v) is 6.85. The van der Waals surface area contributed by atoms with Crippen LogP contribution >= 0.6 is 11.6 Å². The van der Waals surface area contributed by atoms with Crippen molar-refractivity contribution in [1.82, 2.24) is 20.1 Å². The molecule has 2 N–H and O–H groups in total. The SMILES string of the molecule is O=C(c1cc(-c2ccccn2)n[nH]1)N1CCO[C@@H](CO)[C@@H]1c1ccccc1Cl. The lowest BCUT2D eigenvalue weighted by Gasteiger charge is -2.41. The van der Waals surface area contributed by atoms with Crippen LogP contribution in [0.5, 0.6) is 0 Å². The number of pyridine rings is 1. The quantitative estimate of drug-likeness (QED) is 0.705.